The van der Waals surface area contributed by atoms with Gasteiger partial charge in [-0.3, -0.25) is 4.21 Å². The Morgan fingerprint density at radius 2 is 2.16 bits per heavy atom. The molecule has 2 rings (SSSR count). The maximum absolute atomic E-state index is 12.1. The Labute approximate surface area is 120 Å². The second-order valence-electron chi connectivity index (χ2n) is 5.00. The summed E-state index contributed by atoms with van der Waals surface area (Å²) in [5.74, 6) is 1.39. The highest BCUT2D eigenvalue weighted by Crippen LogP contribution is 2.32. The Hall–Kier alpha value is -0.720. The molecule has 0 spiro atoms. The molecule has 1 aromatic heterocycles. The fraction of sp³-hybridized carbons (Fsp3) is 0.667. The number of aryl methyl sites for hydroxylation is 1. The molecule has 0 radical (unpaired) electrons. The Kier molecular flexibility index (Phi) is 4.43. The van der Waals surface area contributed by atoms with Crippen molar-refractivity contribution in [1.82, 2.24) is 9.97 Å². The minimum atomic E-state index is -1.08. The quantitative estimate of drug-likeness (QED) is 0.848. The number of anilines is 1. The number of nitrogens with zero attached hydrogens (tertiary/aromatic N) is 3. The van der Waals surface area contributed by atoms with Crippen LogP contribution in [0, 0.1) is 5.92 Å². The van der Waals surface area contributed by atoms with Crippen LogP contribution < -0.4 is 4.90 Å². The van der Waals surface area contributed by atoms with Crippen molar-refractivity contribution in [3.63, 3.8) is 0 Å². The van der Waals surface area contributed by atoms with Crippen LogP contribution in [0.3, 0.4) is 0 Å². The van der Waals surface area contributed by atoms with E-state index in [0.29, 0.717) is 22.9 Å². The van der Waals surface area contributed by atoms with Gasteiger partial charge in [-0.25, -0.2) is 4.98 Å². The summed E-state index contributed by atoms with van der Waals surface area (Å²) < 4.78 is 12.1. The third-order valence-electron chi connectivity index (χ3n) is 3.43. The van der Waals surface area contributed by atoms with Crippen LogP contribution in [0.1, 0.15) is 19.5 Å². The molecule has 0 saturated carbocycles. The van der Waals surface area contributed by atoms with Crippen LogP contribution >= 0.6 is 11.6 Å². The molecule has 1 aliphatic heterocycles. The van der Waals surface area contributed by atoms with Gasteiger partial charge in [0, 0.05) is 19.2 Å². The van der Waals surface area contributed by atoms with Gasteiger partial charge < -0.3 is 10.0 Å². The van der Waals surface area contributed by atoms with Crippen molar-refractivity contribution in [2.75, 3.05) is 24.3 Å². The van der Waals surface area contributed by atoms with Crippen molar-refractivity contribution in [2.45, 2.75) is 31.2 Å². The Balaban J connectivity index is 2.47. The van der Waals surface area contributed by atoms with Crippen LogP contribution in [0.25, 0.3) is 0 Å². The van der Waals surface area contributed by atoms with E-state index in [4.69, 9.17) is 11.6 Å². The van der Waals surface area contributed by atoms with Crippen LogP contribution in [-0.2, 0) is 17.2 Å². The first-order valence-corrected chi connectivity index (χ1v) is 7.93. The molecule has 0 fully saturated rings. The SMILES string of the molecule is CC(C)C(CO)N(C)c1nc(Cl)nc2c1S(=O)CC2. The second-order valence-corrected chi connectivity index (χ2v) is 6.84. The zero-order valence-corrected chi connectivity index (χ0v) is 12.8. The van der Waals surface area contributed by atoms with Gasteiger partial charge in [-0.2, -0.15) is 4.98 Å². The van der Waals surface area contributed by atoms with E-state index in [1.807, 2.05) is 25.8 Å². The van der Waals surface area contributed by atoms with Crippen LogP contribution in [-0.4, -0.2) is 44.7 Å². The van der Waals surface area contributed by atoms with Gasteiger partial charge in [-0.1, -0.05) is 13.8 Å². The highest BCUT2D eigenvalue weighted by atomic mass is 35.5. The fourth-order valence-electron chi connectivity index (χ4n) is 2.33. The molecular formula is C12H18ClN3O2S. The van der Waals surface area contributed by atoms with E-state index in [-0.39, 0.29) is 23.9 Å². The second kappa shape index (κ2) is 5.73. The molecular weight excluding hydrogens is 286 g/mol. The first-order valence-electron chi connectivity index (χ1n) is 6.24. The van der Waals surface area contributed by atoms with Crippen LogP contribution in [0.5, 0.6) is 0 Å². The molecule has 1 aromatic rings. The van der Waals surface area contributed by atoms with Crippen molar-refractivity contribution in [3.8, 4) is 0 Å². The molecule has 7 heteroatoms. The van der Waals surface area contributed by atoms with E-state index in [9.17, 15) is 9.32 Å². The molecule has 19 heavy (non-hydrogen) atoms. The van der Waals surface area contributed by atoms with E-state index >= 15 is 0 Å². The normalized spacial score (nSPS) is 19.6. The summed E-state index contributed by atoms with van der Waals surface area (Å²) in [6.45, 7) is 4.06. The van der Waals surface area contributed by atoms with Crippen molar-refractivity contribution >= 4 is 28.2 Å². The number of halogens is 1. The maximum Gasteiger partial charge on any atom is 0.224 e. The summed E-state index contributed by atoms with van der Waals surface area (Å²) in [5.41, 5.74) is 0.764. The number of likely N-dealkylation sites (N-methyl/N-ethyl adjacent to an activating group) is 1. The van der Waals surface area contributed by atoms with E-state index < -0.39 is 10.8 Å². The molecule has 0 amide bonds. The van der Waals surface area contributed by atoms with Gasteiger partial charge in [-0.15, -0.1) is 0 Å². The molecule has 5 nitrogen and oxygen atoms in total. The number of aliphatic hydroxyl groups excluding tert-OH is 1. The molecule has 2 atom stereocenters. The topological polar surface area (TPSA) is 66.3 Å². The summed E-state index contributed by atoms with van der Waals surface area (Å²) in [6.07, 6.45) is 0.663. The summed E-state index contributed by atoms with van der Waals surface area (Å²) in [5, 5.41) is 9.68. The first-order chi connectivity index (χ1) is 8.95. The molecule has 2 heterocycles. The third kappa shape index (κ3) is 2.75. The number of hydrogen-bond acceptors (Lipinski definition) is 5. The zero-order chi connectivity index (χ0) is 14.2. The molecule has 1 N–H and O–H groups in total. The minimum absolute atomic E-state index is 0.0111. The molecule has 0 aromatic carbocycles. The predicted octanol–water partition coefficient (Wildman–Crippen LogP) is 1.25. The highest BCUT2D eigenvalue weighted by Gasteiger charge is 2.30. The summed E-state index contributed by atoms with van der Waals surface area (Å²) in [6, 6.07) is -0.0901. The first kappa shape index (κ1) is 14.7. The summed E-state index contributed by atoms with van der Waals surface area (Å²) >= 11 is 5.94. The summed E-state index contributed by atoms with van der Waals surface area (Å²) in [4.78, 5) is 10.9. The molecule has 106 valence electrons. The molecule has 0 aliphatic carbocycles. The van der Waals surface area contributed by atoms with Gasteiger partial charge in [0.25, 0.3) is 0 Å². The lowest BCUT2D eigenvalue weighted by atomic mass is 10.0. The maximum atomic E-state index is 12.1. The number of hydrogen-bond donors (Lipinski definition) is 1. The fourth-order valence-corrected chi connectivity index (χ4v) is 3.89. The smallest absolute Gasteiger partial charge is 0.224 e. The van der Waals surface area contributed by atoms with E-state index in [0.717, 1.165) is 5.69 Å². The molecule has 2 unspecified atom stereocenters. The van der Waals surface area contributed by atoms with Crippen LogP contribution in [0.2, 0.25) is 5.28 Å². The number of fused-ring (bicyclic) bond motifs is 1. The Bertz CT molecular complexity index is 510. The van der Waals surface area contributed by atoms with Gasteiger partial charge in [-0.05, 0) is 17.5 Å². The zero-order valence-electron chi connectivity index (χ0n) is 11.3. The average molecular weight is 304 g/mol. The summed E-state index contributed by atoms with van der Waals surface area (Å²) in [7, 11) is 0.766. The van der Waals surface area contributed by atoms with E-state index in [1.54, 1.807) is 0 Å². The minimum Gasteiger partial charge on any atom is -0.394 e. The van der Waals surface area contributed by atoms with Gasteiger partial charge in [0.2, 0.25) is 5.28 Å². The van der Waals surface area contributed by atoms with Crippen molar-refractivity contribution in [1.29, 1.82) is 0 Å². The van der Waals surface area contributed by atoms with Gasteiger partial charge in [0.1, 0.15) is 10.7 Å². The lowest BCUT2D eigenvalue weighted by molar-refractivity contribution is 0.233. The van der Waals surface area contributed by atoms with Gasteiger partial charge >= 0.3 is 0 Å². The third-order valence-corrected chi connectivity index (χ3v) is 5.05. The predicted molar refractivity (Wildman–Crippen MR) is 76.1 cm³/mol. The number of aliphatic hydroxyl groups is 1. The average Bonchev–Trinajstić information content (AvgIpc) is 2.70. The molecule has 1 aliphatic rings. The van der Waals surface area contributed by atoms with Gasteiger partial charge in [0.15, 0.2) is 0 Å². The van der Waals surface area contributed by atoms with E-state index in [2.05, 4.69) is 9.97 Å². The highest BCUT2D eigenvalue weighted by molar-refractivity contribution is 7.85. The molecule has 0 bridgehead atoms. The lowest BCUT2D eigenvalue weighted by Crippen LogP contribution is -2.40. The Morgan fingerprint density at radius 1 is 1.47 bits per heavy atom. The number of rotatable bonds is 4. The van der Waals surface area contributed by atoms with Crippen LogP contribution in [0.4, 0.5) is 5.82 Å². The monoisotopic (exact) mass is 303 g/mol. The number of aromatic nitrogens is 2. The van der Waals surface area contributed by atoms with Crippen molar-refractivity contribution in [3.05, 3.63) is 11.0 Å². The lowest BCUT2D eigenvalue weighted by Gasteiger charge is -2.31. The van der Waals surface area contributed by atoms with Gasteiger partial charge in [0.05, 0.1) is 29.1 Å². The van der Waals surface area contributed by atoms with Crippen LogP contribution in [0.15, 0.2) is 4.90 Å². The Morgan fingerprint density at radius 3 is 2.74 bits per heavy atom. The molecule has 0 saturated heterocycles. The standard InChI is InChI=1S/C12H18ClN3O2S/c1-7(2)9(6-17)16(3)11-10-8(4-5-19(10)18)14-12(13)15-11/h7,9,17H,4-6H2,1-3H3. The largest absolute Gasteiger partial charge is 0.394 e. The van der Waals surface area contributed by atoms with E-state index in [1.165, 1.54) is 0 Å². The van der Waals surface area contributed by atoms with Crippen molar-refractivity contribution < 1.29 is 9.32 Å². The van der Waals surface area contributed by atoms with Crippen molar-refractivity contribution in [2.24, 2.45) is 5.92 Å².